The molecule has 1 aromatic carbocycles. The summed E-state index contributed by atoms with van der Waals surface area (Å²) in [7, 11) is 0. The van der Waals surface area contributed by atoms with Crippen LogP contribution in [0.4, 0.5) is 4.39 Å². The number of halogens is 2. The zero-order valence-corrected chi connectivity index (χ0v) is 9.12. The van der Waals surface area contributed by atoms with E-state index in [0.717, 1.165) is 4.90 Å². The molecule has 0 aromatic heterocycles. The first-order valence-corrected chi connectivity index (χ1v) is 6.09. The highest BCUT2D eigenvalue weighted by molar-refractivity contribution is 8.01. The Morgan fingerprint density at radius 1 is 1.25 bits per heavy atom. The maximum Gasteiger partial charge on any atom is 0.156 e. The van der Waals surface area contributed by atoms with Crippen LogP contribution in [0.2, 0.25) is 5.02 Å². The molecule has 0 aliphatic carbocycles. The summed E-state index contributed by atoms with van der Waals surface area (Å²) in [6.45, 7) is 0. The molecule has 0 aliphatic heterocycles. The van der Waals surface area contributed by atoms with Crippen molar-refractivity contribution in [3.05, 3.63) is 23.0 Å². The van der Waals surface area contributed by atoms with Crippen LogP contribution in [0.15, 0.2) is 21.9 Å². The summed E-state index contributed by atoms with van der Waals surface area (Å²) in [5.41, 5.74) is 0. The van der Waals surface area contributed by atoms with E-state index < -0.39 is 0 Å². The molecule has 4 heteroatoms. The zero-order chi connectivity index (χ0) is 9.14. The molecular formula is C8H8ClFS2. The van der Waals surface area contributed by atoms with Crippen LogP contribution in [0, 0.1) is 5.82 Å². The molecule has 12 heavy (non-hydrogen) atoms. The zero-order valence-electron chi connectivity index (χ0n) is 6.73. The van der Waals surface area contributed by atoms with Crippen molar-refractivity contribution in [2.45, 2.75) is 9.79 Å². The van der Waals surface area contributed by atoms with Gasteiger partial charge in [0.1, 0.15) is 0 Å². The second-order valence-electron chi connectivity index (χ2n) is 2.10. The van der Waals surface area contributed by atoms with Crippen molar-refractivity contribution in [3.63, 3.8) is 0 Å². The van der Waals surface area contributed by atoms with Crippen LogP contribution in [0.25, 0.3) is 0 Å². The van der Waals surface area contributed by atoms with E-state index in [2.05, 4.69) is 0 Å². The molecule has 0 fully saturated rings. The van der Waals surface area contributed by atoms with Gasteiger partial charge in [-0.15, -0.1) is 23.5 Å². The molecule has 0 nitrogen and oxygen atoms in total. The average Bonchev–Trinajstić information content (AvgIpc) is 2.09. The highest BCUT2D eigenvalue weighted by Crippen LogP contribution is 2.33. The largest absolute Gasteiger partial charge is 0.204 e. The minimum Gasteiger partial charge on any atom is -0.204 e. The summed E-state index contributed by atoms with van der Waals surface area (Å²) in [4.78, 5) is 1.57. The van der Waals surface area contributed by atoms with E-state index in [9.17, 15) is 4.39 Å². The molecule has 66 valence electrons. The number of thioether (sulfide) groups is 2. The Hall–Kier alpha value is 0.140. The van der Waals surface area contributed by atoms with Gasteiger partial charge >= 0.3 is 0 Å². The van der Waals surface area contributed by atoms with Gasteiger partial charge in [-0.2, -0.15) is 0 Å². The van der Waals surface area contributed by atoms with Crippen molar-refractivity contribution in [1.82, 2.24) is 0 Å². The van der Waals surface area contributed by atoms with Crippen molar-refractivity contribution in [2.24, 2.45) is 0 Å². The Bertz CT molecular complexity index is 289. The highest BCUT2D eigenvalue weighted by atomic mass is 35.5. The first-order chi connectivity index (χ1) is 5.70. The summed E-state index contributed by atoms with van der Waals surface area (Å²) >= 11 is 8.53. The molecule has 0 saturated heterocycles. The quantitative estimate of drug-likeness (QED) is 0.696. The minimum absolute atomic E-state index is 0.192. The van der Waals surface area contributed by atoms with Gasteiger partial charge in [0.2, 0.25) is 0 Å². The Balaban J connectivity index is 3.25. The first kappa shape index (κ1) is 10.2. The van der Waals surface area contributed by atoms with Gasteiger partial charge < -0.3 is 0 Å². The minimum atomic E-state index is -0.309. The van der Waals surface area contributed by atoms with Crippen LogP contribution in [0.1, 0.15) is 0 Å². The topological polar surface area (TPSA) is 0 Å². The van der Waals surface area contributed by atoms with E-state index in [4.69, 9.17) is 11.6 Å². The van der Waals surface area contributed by atoms with Crippen molar-refractivity contribution < 1.29 is 4.39 Å². The van der Waals surface area contributed by atoms with E-state index in [-0.39, 0.29) is 10.8 Å². The second kappa shape index (κ2) is 4.40. The van der Waals surface area contributed by atoms with Gasteiger partial charge in [-0.3, -0.25) is 0 Å². The Labute approximate surface area is 84.9 Å². The highest BCUT2D eigenvalue weighted by Gasteiger charge is 2.10. The Morgan fingerprint density at radius 2 is 1.92 bits per heavy atom. The van der Waals surface area contributed by atoms with Crippen LogP contribution in [0.5, 0.6) is 0 Å². The maximum atomic E-state index is 13.3. The van der Waals surface area contributed by atoms with Crippen molar-refractivity contribution in [3.8, 4) is 0 Å². The predicted octanol–water partition coefficient (Wildman–Crippen LogP) is 3.92. The van der Waals surface area contributed by atoms with Crippen molar-refractivity contribution >= 4 is 35.1 Å². The van der Waals surface area contributed by atoms with Crippen LogP contribution in [-0.4, -0.2) is 12.5 Å². The summed E-state index contributed by atoms with van der Waals surface area (Å²) in [6.07, 6.45) is 3.76. The molecule has 0 amide bonds. The molecule has 0 saturated carbocycles. The van der Waals surface area contributed by atoms with Gasteiger partial charge in [0.15, 0.2) is 5.82 Å². The molecule has 1 rings (SSSR count). The second-order valence-corrected chi connectivity index (χ2v) is 4.17. The van der Waals surface area contributed by atoms with Crippen LogP contribution >= 0.6 is 35.1 Å². The molecule has 0 aliphatic rings. The lowest BCUT2D eigenvalue weighted by atomic mass is 10.3. The molecular weight excluding hydrogens is 215 g/mol. The molecule has 0 N–H and O–H groups in total. The lowest BCUT2D eigenvalue weighted by molar-refractivity contribution is 0.595. The summed E-state index contributed by atoms with van der Waals surface area (Å²) in [6, 6.07) is 3.42. The Morgan fingerprint density at radius 3 is 2.42 bits per heavy atom. The lowest BCUT2D eigenvalue weighted by Gasteiger charge is -2.06. The van der Waals surface area contributed by atoms with Gasteiger partial charge in [-0.05, 0) is 24.6 Å². The fraction of sp³-hybridized carbons (Fsp3) is 0.250. The van der Waals surface area contributed by atoms with E-state index in [0.29, 0.717) is 4.90 Å². The first-order valence-electron chi connectivity index (χ1n) is 3.26. The molecule has 0 heterocycles. The fourth-order valence-electron chi connectivity index (χ4n) is 0.865. The lowest BCUT2D eigenvalue weighted by Crippen LogP contribution is -1.85. The monoisotopic (exact) mass is 222 g/mol. The smallest absolute Gasteiger partial charge is 0.156 e. The number of hydrogen-bond donors (Lipinski definition) is 0. The van der Waals surface area contributed by atoms with Crippen molar-refractivity contribution in [2.75, 3.05) is 12.5 Å². The summed E-state index contributed by atoms with van der Waals surface area (Å²) in [5, 5.41) is 0.192. The standard InChI is InChI=1S/C8H8ClFS2/c1-11-6-4-3-5(9)7(10)8(6)12-2/h3-4H,1-2H3. The summed E-state index contributed by atoms with van der Waals surface area (Å²) in [5.74, 6) is -0.309. The molecule has 0 radical (unpaired) electrons. The van der Waals surface area contributed by atoms with E-state index in [1.807, 2.05) is 18.6 Å². The average molecular weight is 223 g/mol. The van der Waals surface area contributed by atoms with Crippen LogP contribution < -0.4 is 0 Å². The third-order valence-corrected chi connectivity index (χ3v) is 3.45. The normalized spacial score (nSPS) is 10.3. The number of hydrogen-bond acceptors (Lipinski definition) is 2. The fourth-order valence-corrected chi connectivity index (χ4v) is 2.62. The van der Waals surface area contributed by atoms with Crippen LogP contribution in [-0.2, 0) is 0 Å². The van der Waals surface area contributed by atoms with Gasteiger partial charge in [0.25, 0.3) is 0 Å². The predicted molar refractivity (Wildman–Crippen MR) is 55.0 cm³/mol. The molecule has 0 unspecified atom stereocenters. The van der Waals surface area contributed by atoms with Crippen LogP contribution in [0.3, 0.4) is 0 Å². The maximum absolute atomic E-state index is 13.3. The third-order valence-electron chi connectivity index (χ3n) is 1.44. The third kappa shape index (κ3) is 1.90. The summed E-state index contributed by atoms with van der Waals surface area (Å²) < 4.78 is 13.3. The van der Waals surface area contributed by atoms with Gasteiger partial charge in [-0.1, -0.05) is 11.6 Å². The SMILES string of the molecule is CSc1ccc(Cl)c(F)c1SC. The number of benzene rings is 1. The van der Waals surface area contributed by atoms with Gasteiger partial charge in [-0.25, -0.2) is 4.39 Å². The molecule has 0 atom stereocenters. The van der Waals surface area contributed by atoms with E-state index >= 15 is 0 Å². The molecule has 0 bridgehead atoms. The molecule has 1 aromatic rings. The molecule has 0 spiro atoms. The van der Waals surface area contributed by atoms with E-state index in [1.165, 1.54) is 23.5 Å². The van der Waals surface area contributed by atoms with Gasteiger partial charge in [0, 0.05) is 4.90 Å². The van der Waals surface area contributed by atoms with Crippen molar-refractivity contribution in [1.29, 1.82) is 0 Å². The number of rotatable bonds is 2. The Kier molecular flexibility index (Phi) is 3.75. The van der Waals surface area contributed by atoms with E-state index in [1.54, 1.807) is 6.07 Å². The van der Waals surface area contributed by atoms with Gasteiger partial charge in [0.05, 0.1) is 9.92 Å².